The molecule has 0 amide bonds. The molecule has 11 rings (SSSR count). The minimum Gasteiger partial charge on any atom is -0.254 e. The van der Waals surface area contributed by atoms with E-state index in [0.29, 0.717) is 0 Å². The summed E-state index contributed by atoms with van der Waals surface area (Å²) in [6.07, 6.45) is 11.3. The number of fused-ring (bicyclic) bond motifs is 6. The molecular formula is C50H38N2. The van der Waals surface area contributed by atoms with E-state index in [4.69, 9.17) is 9.97 Å². The van der Waals surface area contributed by atoms with Crippen LogP contribution in [-0.2, 0) is 25.7 Å². The van der Waals surface area contributed by atoms with Crippen LogP contribution in [0.5, 0.6) is 0 Å². The maximum Gasteiger partial charge on any atom is 0.0921 e. The van der Waals surface area contributed by atoms with E-state index in [1.165, 1.54) is 120 Å². The average molecular weight is 667 g/mol. The topological polar surface area (TPSA) is 25.8 Å². The van der Waals surface area contributed by atoms with E-state index in [1.807, 2.05) is 6.20 Å². The van der Waals surface area contributed by atoms with Gasteiger partial charge in [0.05, 0.1) is 17.1 Å². The van der Waals surface area contributed by atoms with Crippen molar-refractivity contribution in [2.45, 2.75) is 51.4 Å². The maximum atomic E-state index is 5.63. The number of nitrogens with zero attached hydrogens (tertiary/aromatic N) is 2. The largest absolute Gasteiger partial charge is 0.254 e. The summed E-state index contributed by atoms with van der Waals surface area (Å²) in [5.74, 6) is 0. The molecule has 52 heavy (non-hydrogen) atoms. The van der Waals surface area contributed by atoms with Crippen molar-refractivity contribution >= 4 is 21.5 Å². The zero-order valence-electron chi connectivity index (χ0n) is 29.3. The average Bonchev–Trinajstić information content (AvgIpc) is 3.55. The quantitative estimate of drug-likeness (QED) is 0.187. The Labute approximate surface area is 304 Å². The van der Waals surface area contributed by atoms with Gasteiger partial charge in [0.15, 0.2) is 0 Å². The minimum absolute atomic E-state index is 1.05. The van der Waals surface area contributed by atoms with Gasteiger partial charge in [-0.2, -0.15) is 0 Å². The van der Waals surface area contributed by atoms with Crippen molar-refractivity contribution in [3.05, 3.63) is 156 Å². The van der Waals surface area contributed by atoms with Crippen molar-refractivity contribution in [2.75, 3.05) is 0 Å². The van der Waals surface area contributed by atoms with Gasteiger partial charge in [0.25, 0.3) is 0 Å². The molecule has 0 aliphatic heterocycles. The van der Waals surface area contributed by atoms with Crippen LogP contribution < -0.4 is 0 Å². The smallest absolute Gasteiger partial charge is 0.0921 e. The number of pyridine rings is 2. The van der Waals surface area contributed by atoms with Crippen molar-refractivity contribution in [1.82, 2.24) is 9.97 Å². The van der Waals surface area contributed by atoms with E-state index in [1.54, 1.807) is 0 Å². The first-order chi connectivity index (χ1) is 25.8. The first kappa shape index (κ1) is 29.8. The van der Waals surface area contributed by atoms with Gasteiger partial charge in [-0.3, -0.25) is 4.98 Å². The van der Waals surface area contributed by atoms with E-state index < -0.39 is 0 Å². The standard InChI is InChI=1S/C50H38N2/c1-3-15-32(16-4-1)44-37-22-11-12-23-38(37)45(33-17-5-2-6-18-33)48-42-27-26-40(39-24-13-25-41(46(39)42)47(44)48)49-36-21-10-8-19-34(36)30-43(52-49)50-35-20-9-7-14-31(35)28-29-51-50/h1-6,11-13,15-18,22-30H,7-10,14,19-21H2. The zero-order valence-corrected chi connectivity index (χ0v) is 29.3. The Bertz CT molecular complexity index is 2630. The van der Waals surface area contributed by atoms with Crippen molar-refractivity contribution in [3.8, 4) is 67.2 Å². The van der Waals surface area contributed by atoms with Gasteiger partial charge in [-0.1, -0.05) is 115 Å². The summed E-state index contributed by atoms with van der Waals surface area (Å²) in [5.41, 5.74) is 20.7. The molecule has 0 N–H and O–H groups in total. The summed E-state index contributed by atoms with van der Waals surface area (Å²) >= 11 is 0. The van der Waals surface area contributed by atoms with E-state index in [9.17, 15) is 0 Å². The van der Waals surface area contributed by atoms with Crippen LogP contribution in [-0.4, -0.2) is 9.97 Å². The van der Waals surface area contributed by atoms with Gasteiger partial charge in [-0.15, -0.1) is 0 Å². The molecule has 2 heteroatoms. The molecule has 0 saturated heterocycles. The molecule has 0 fully saturated rings. The molecular weight excluding hydrogens is 629 g/mol. The van der Waals surface area contributed by atoms with Crippen molar-refractivity contribution in [2.24, 2.45) is 0 Å². The summed E-state index contributed by atoms with van der Waals surface area (Å²) in [7, 11) is 0. The van der Waals surface area contributed by atoms with Crippen LogP contribution in [0.4, 0.5) is 0 Å². The van der Waals surface area contributed by atoms with Gasteiger partial charge in [0.1, 0.15) is 0 Å². The molecule has 3 aliphatic carbocycles. The molecule has 3 aliphatic rings. The Morgan fingerprint density at radius 2 is 0.962 bits per heavy atom. The molecule has 2 heterocycles. The Morgan fingerprint density at radius 3 is 1.65 bits per heavy atom. The number of aryl methyl sites for hydroxylation is 2. The van der Waals surface area contributed by atoms with E-state index in [2.05, 4.69) is 127 Å². The number of benzene rings is 6. The van der Waals surface area contributed by atoms with Crippen LogP contribution in [0.2, 0.25) is 0 Å². The summed E-state index contributed by atoms with van der Waals surface area (Å²) < 4.78 is 0. The molecule has 8 aromatic rings. The molecule has 0 saturated carbocycles. The Morgan fingerprint density at radius 1 is 0.404 bits per heavy atom. The third kappa shape index (κ3) is 4.43. The molecule has 0 spiro atoms. The highest BCUT2D eigenvalue weighted by Gasteiger charge is 2.32. The fourth-order valence-corrected chi connectivity index (χ4v) is 9.79. The molecule has 248 valence electrons. The van der Waals surface area contributed by atoms with Gasteiger partial charge < -0.3 is 0 Å². The fourth-order valence-electron chi connectivity index (χ4n) is 9.79. The number of hydrogen-bond donors (Lipinski definition) is 0. The van der Waals surface area contributed by atoms with Crippen LogP contribution >= 0.6 is 0 Å². The van der Waals surface area contributed by atoms with E-state index in [0.717, 1.165) is 42.8 Å². The van der Waals surface area contributed by atoms with Crippen LogP contribution in [0.3, 0.4) is 0 Å². The molecule has 6 aromatic carbocycles. The molecule has 2 aromatic heterocycles. The highest BCUT2D eigenvalue weighted by atomic mass is 14.8. The number of rotatable bonds is 4. The van der Waals surface area contributed by atoms with Crippen LogP contribution in [0.1, 0.15) is 47.9 Å². The highest BCUT2D eigenvalue weighted by Crippen LogP contribution is 2.58. The zero-order chi connectivity index (χ0) is 34.2. The Balaban J connectivity index is 1.22. The van der Waals surface area contributed by atoms with Crippen LogP contribution in [0.25, 0.3) is 88.7 Å². The highest BCUT2D eigenvalue weighted by molar-refractivity contribution is 6.28. The second-order valence-electron chi connectivity index (χ2n) is 14.9. The Hall–Kier alpha value is -5.86. The lowest BCUT2D eigenvalue weighted by atomic mass is 9.82. The minimum atomic E-state index is 1.05. The predicted molar refractivity (Wildman–Crippen MR) is 217 cm³/mol. The lowest BCUT2D eigenvalue weighted by molar-refractivity contribution is 0.680. The first-order valence-corrected chi connectivity index (χ1v) is 19.1. The first-order valence-electron chi connectivity index (χ1n) is 19.1. The summed E-state index contributed by atoms with van der Waals surface area (Å²) in [6.45, 7) is 0. The van der Waals surface area contributed by atoms with E-state index in [-0.39, 0.29) is 0 Å². The maximum absolute atomic E-state index is 5.63. The van der Waals surface area contributed by atoms with Gasteiger partial charge in [0, 0.05) is 11.8 Å². The predicted octanol–water partition coefficient (Wildman–Crippen LogP) is 12.9. The lowest BCUT2D eigenvalue weighted by Crippen LogP contribution is -2.10. The Kier molecular flexibility index (Phi) is 6.80. The van der Waals surface area contributed by atoms with Gasteiger partial charge >= 0.3 is 0 Å². The third-order valence-electron chi connectivity index (χ3n) is 12.0. The second-order valence-corrected chi connectivity index (χ2v) is 14.9. The molecule has 0 radical (unpaired) electrons. The second kappa shape index (κ2) is 11.9. The number of hydrogen-bond acceptors (Lipinski definition) is 2. The van der Waals surface area contributed by atoms with Crippen molar-refractivity contribution < 1.29 is 0 Å². The lowest BCUT2D eigenvalue weighted by Gasteiger charge is -2.23. The monoisotopic (exact) mass is 666 g/mol. The summed E-state index contributed by atoms with van der Waals surface area (Å²) in [4.78, 5) is 10.6. The summed E-state index contributed by atoms with van der Waals surface area (Å²) in [6, 6.07) is 47.4. The normalized spacial score (nSPS) is 14.3. The van der Waals surface area contributed by atoms with Crippen molar-refractivity contribution in [1.29, 1.82) is 0 Å². The van der Waals surface area contributed by atoms with Gasteiger partial charge in [-0.25, -0.2) is 4.98 Å². The summed E-state index contributed by atoms with van der Waals surface area (Å²) in [5, 5.41) is 5.21. The molecule has 0 atom stereocenters. The van der Waals surface area contributed by atoms with Crippen LogP contribution in [0, 0.1) is 0 Å². The van der Waals surface area contributed by atoms with Gasteiger partial charge in [0.2, 0.25) is 0 Å². The van der Waals surface area contributed by atoms with Crippen LogP contribution in [0.15, 0.2) is 134 Å². The number of aromatic nitrogens is 2. The molecule has 0 unspecified atom stereocenters. The fraction of sp³-hybridized carbons (Fsp3) is 0.160. The third-order valence-corrected chi connectivity index (χ3v) is 12.0. The SMILES string of the molecule is c1ccc(-c2c3c(c(-c4ccccc4)c4ccccc24)-c2ccc(-c4nc(-c5nccc6c5CCCC6)cc5c4CCCC5)c4cccc-3c24)cc1. The molecule has 2 nitrogen and oxygen atoms in total. The van der Waals surface area contributed by atoms with E-state index >= 15 is 0 Å². The molecule has 0 bridgehead atoms. The van der Waals surface area contributed by atoms with Gasteiger partial charge in [-0.05, 0) is 152 Å². The van der Waals surface area contributed by atoms with Crippen molar-refractivity contribution in [3.63, 3.8) is 0 Å².